The Labute approximate surface area is 113 Å². The third-order valence-electron chi connectivity index (χ3n) is 4.05. The van der Waals surface area contributed by atoms with Crippen molar-refractivity contribution in [2.75, 3.05) is 6.54 Å². The van der Waals surface area contributed by atoms with E-state index >= 15 is 0 Å². The molecule has 4 heteroatoms. The number of nitrogens with zero attached hydrogens (tertiary/aromatic N) is 1. The molecule has 0 aromatic heterocycles. The van der Waals surface area contributed by atoms with Crippen LogP contribution in [0.15, 0.2) is 18.2 Å². The Morgan fingerprint density at radius 2 is 1.89 bits per heavy atom. The van der Waals surface area contributed by atoms with Crippen LogP contribution in [0.25, 0.3) is 0 Å². The van der Waals surface area contributed by atoms with Gasteiger partial charge in [0.25, 0.3) is 0 Å². The van der Waals surface area contributed by atoms with Crippen LogP contribution in [0.4, 0.5) is 8.78 Å². The smallest absolute Gasteiger partial charge is 0.130 e. The van der Waals surface area contributed by atoms with E-state index in [9.17, 15) is 8.78 Å². The Morgan fingerprint density at radius 3 is 2.47 bits per heavy atom. The fraction of sp³-hybridized carbons (Fsp3) is 0.600. The van der Waals surface area contributed by atoms with Crippen LogP contribution in [0.5, 0.6) is 0 Å². The summed E-state index contributed by atoms with van der Waals surface area (Å²) in [5.41, 5.74) is 6.48. The predicted octanol–water partition coefficient (Wildman–Crippen LogP) is 3.06. The summed E-state index contributed by atoms with van der Waals surface area (Å²) in [5, 5.41) is 0. The van der Waals surface area contributed by atoms with Gasteiger partial charge in [0.15, 0.2) is 0 Å². The van der Waals surface area contributed by atoms with Gasteiger partial charge in [-0.1, -0.05) is 13.0 Å². The first-order valence-electron chi connectivity index (χ1n) is 7.03. The van der Waals surface area contributed by atoms with Crippen molar-refractivity contribution in [3.05, 3.63) is 35.4 Å². The van der Waals surface area contributed by atoms with Gasteiger partial charge in [0, 0.05) is 30.3 Å². The van der Waals surface area contributed by atoms with Crippen LogP contribution in [-0.2, 0) is 6.54 Å². The van der Waals surface area contributed by atoms with Crippen LogP contribution >= 0.6 is 0 Å². The Morgan fingerprint density at radius 1 is 1.21 bits per heavy atom. The fourth-order valence-electron chi connectivity index (χ4n) is 2.83. The summed E-state index contributed by atoms with van der Waals surface area (Å²) in [4.78, 5) is 2.27. The molecule has 0 unspecified atom stereocenters. The summed E-state index contributed by atoms with van der Waals surface area (Å²) >= 11 is 0. The SMILES string of the molecule is CCN(Cc1ccc(F)cc1F)C1CCC(N)CC1. The largest absolute Gasteiger partial charge is 0.328 e. The quantitative estimate of drug-likeness (QED) is 0.909. The van der Waals surface area contributed by atoms with Gasteiger partial charge in [-0.15, -0.1) is 0 Å². The standard InChI is InChI=1S/C15H22F2N2/c1-2-19(14-7-5-13(18)6-8-14)10-11-3-4-12(16)9-15(11)17/h3-4,9,13-14H,2,5-8,10,18H2,1H3. The Hall–Kier alpha value is -1.00. The monoisotopic (exact) mass is 268 g/mol. The van der Waals surface area contributed by atoms with Crippen molar-refractivity contribution in [3.63, 3.8) is 0 Å². The molecule has 0 radical (unpaired) electrons. The van der Waals surface area contributed by atoms with E-state index in [1.165, 1.54) is 6.07 Å². The highest BCUT2D eigenvalue weighted by atomic mass is 19.1. The molecule has 0 amide bonds. The molecule has 0 spiro atoms. The first kappa shape index (κ1) is 14.4. The maximum atomic E-state index is 13.7. The van der Waals surface area contributed by atoms with Crippen LogP contribution in [0.2, 0.25) is 0 Å². The minimum atomic E-state index is -0.520. The number of hydrogen-bond acceptors (Lipinski definition) is 2. The van der Waals surface area contributed by atoms with Crippen LogP contribution in [0, 0.1) is 11.6 Å². The molecule has 0 bridgehead atoms. The highest BCUT2D eigenvalue weighted by Gasteiger charge is 2.23. The van der Waals surface area contributed by atoms with E-state index in [0.717, 1.165) is 38.3 Å². The molecule has 19 heavy (non-hydrogen) atoms. The molecular weight excluding hydrogens is 246 g/mol. The van der Waals surface area contributed by atoms with Crippen molar-refractivity contribution in [3.8, 4) is 0 Å². The second-order valence-electron chi connectivity index (χ2n) is 5.37. The van der Waals surface area contributed by atoms with Gasteiger partial charge >= 0.3 is 0 Å². The molecule has 0 aliphatic heterocycles. The number of benzene rings is 1. The molecule has 1 aromatic rings. The summed E-state index contributed by atoms with van der Waals surface area (Å²) in [5.74, 6) is -0.973. The maximum absolute atomic E-state index is 13.7. The summed E-state index contributed by atoms with van der Waals surface area (Å²) in [6.45, 7) is 3.50. The summed E-state index contributed by atoms with van der Waals surface area (Å²) in [6, 6.07) is 4.61. The van der Waals surface area contributed by atoms with Crippen LogP contribution in [0.1, 0.15) is 38.2 Å². The average Bonchev–Trinajstić information content (AvgIpc) is 2.39. The van der Waals surface area contributed by atoms with Gasteiger partial charge < -0.3 is 5.73 Å². The normalized spacial score (nSPS) is 23.8. The molecule has 106 valence electrons. The highest BCUT2D eigenvalue weighted by molar-refractivity contribution is 5.18. The molecule has 1 fully saturated rings. The van der Waals surface area contributed by atoms with Crippen molar-refractivity contribution in [2.45, 2.75) is 51.2 Å². The molecule has 1 aromatic carbocycles. The minimum absolute atomic E-state index is 0.317. The van der Waals surface area contributed by atoms with Crippen LogP contribution in [-0.4, -0.2) is 23.5 Å². The fourth-order valence-corrected chi connectivity index (χ4v) is 2.83. The van der Waals surface area contributed by atoms with Gasteiger partial charge in [-0.05, 0) is 38.3 Å². The number of nitrogens with two attached hydrogens (primary N) is 1. The van der Waals surface area contributed by atoms with Crippen molar-refractivity contribution < 1.29 is 8.78 Å². The molecule has 1 aliphatic rings. The summed E-state index contributed by atoms with van der Waals surface area (Å²) in [6.07, 6.45) is 4.20. The Balaban J connectivity index is 2.02. The van der Waals surface area contributed by atoms with Gasteiger partial charge in [0.05, 0.1) is 0 Å². The molecule has 0 atom stereocenters. The van der Waals surface area contributed by atoms with Gasteiger partial charge in [0.1, 0.15) is 11.6 Å². The third-order valence-corrected chi connectivity index (χ3v) is 4.05. The Kier molecular flexibility index (Phi) is 4.88. The molecular formula is C15H22F2N2. The lowest BCUT2D eigenvalue weighted by Crippen LogP contribution is -2.40. The second kappa shape index (κ2) is 6.44. The van der Waals surface area contributed by atoms with E-state index in [1.807, 2.05) is 0 Å². The minimum Gasteiger partial charge on any atom is -0.328 e. The van der Waals surface area contributed by atoms with E-state index in [2.05, 4.69) is 11.8 Å². The van der Waals surface area contributed by atoms with Crippen molar-refractivity contribution in [2.24, 2.45) is 5.73 Å². The highest BCUT2D eigenvalue weighted by Crippen LogP contribution is 2.24. The van der Waals surface area contributed by atoms with Crippen LogP contribution in [0.3, 0.4) is 0 Å². The van der Waals surface area contributed by atoms with E-state index in [1.54, 1.807) is 6.07 Å². The van der Waals surface area contributed by atoms with E-state index in [0.29, 0.717) is 24.2 Å². The zero-order chi connectivity index (χ0) is 13.8. The maximum Gasteiger partial charge on any atom is 0.130 e. The van der Waals surface area contributed by atoms with Gasteiger partial charge in [-0.2, -0.15) is 0 Å². The first-order chi connectivity index (χ1) is 9.10. The van der Waals surface area contributed by atoms with Gasteiger partial charge in [0.2, 0.25) is 0 Å². The van der Waals surface area contributed by atoms with E-state index in [-0.39, 0.29) is 0 Å². The van der Waals surface area contributed by atoms with E-state index in [4.69, 9.17) is 5.73 Å². The zero-order valence-corrected chi connectivity index (χ0v) is 11.4. The van der Waals surface area contributed by atoms with Crippen molar-refractivity contribution in [1.29, 1.82) is 0 Å². The van der Waals surface area contributed by atoms with Gasteiger partial charge in [-0.3, -0.25) is 4.90 Å². The van der Waals surface area contributed by atoms with E-state index < -0.39 is 11.6 Å². The lowest BCUT2D eigenvalue weighted by atomic mass is 9.90. The summed E-state index contributed by atoms with van der Waals surface area (Å²) in [7, 11) is 0. The zero-order valence-electron chi connectivity index (χ0n) is 11.4. The van der Waals surface area contributed by atoms with Gasteiger partial charge in [-0.25, -0.2) is 8.78 Å². The molecule has 0 saturated heterocycles. The molecule has 2 nitrogen and oxygen atoms in total. The number of hydrogen-bond donors (Lipinski definition) is 1. The predicted molar refractivity (Wildman–Crippen MR) is 72.7 cm³/mol. The molecule has 2 rings (SSSR count). The second-order valence-corrected chi connectivity index (χ2v) is 5.37. The first-order valence-corrected chi connectivity index (χ1v) is 7.03. The molecule has 0 heterocycles. The number of rotatable bonds is 4. The summed E-state index contributed by atoms with van der Waals surface area (Å²) < 4.78 is 26.6. The molecule has 1 saturated carbocycles. The lowest BCUT2D eigenvalue weighted by molar-refractivity contribution is 0.147. The third kappa shape index (κ3) is 3.74. The van der Waals surface area contributed by atoms with Crippen LogP contribution < -0.4 is 5.73 Å². The van der Waals surface area contributed by atoms with Crippen molar-refractivity contribution >= 4 is 0 Å². The van der Waals surface area contributed by atoms with Crippen molar-refractivity contribution in [1.82, 2.24) is 4.90 Å². The Bertz CT molecular complexity index is 415. The topological polar surface area (TPSA) is 29.3 Å². The average molecular weight is 268 g/mol. The lowest BCUT2D eigenvalue weighted by Gasteiger charge is -2.35. The number of halogens is 2. The molecule has 2 N–H and O–H groups in total. The molecule has 1 aliphatic carbocycles.